The first-order chi connectivity index (χ1) is 8.58. The summed E-state index contributed by atoms with van der Waals surface area (Å²) in [5, 5.41) is 12.4. The van der Waals surface area contributed by atoms with Gasteiger partial charge in [-0.25, -0.2) is 4.98 Å². The average Bonchev–Trinajstić information content (AvgIpc) is 2.77. The summed E-state index contributed by atoms with van der Waals surface area (Å²) in [7, 11) is 0. The maximum absolute atomic E-state index is 9.12. The van der Waals surface area contributed by atoms with Crippen LogP contribution in [0.1, 0.15) is 26.7 Å². The summed E-state index contributed by atoms with van der Waals surface area (Å²) in [6.07, 6.45) is 3.04. The standard InChI is InChI=1S/C11H18N6O/c1-3-11(2,4-5-18)17-9-7-8(14-6-13-7)15-10(12)16-9/h6,18H,3-5H2,1-2H3,(H4,12,13,14,15,16,17). The number of nitrogens with zero attached hydrogens (tertiary/aromatic N) is 3. The SMILES string of the molecule is CCC(C)(CCO)Nc1nc(N)nc2nc[nH]c12. The molecule has 5 N–H and O–H groups in total. The van der Waals surface area contributed by atoms with Gasteiger partial charge in [0.2, 0.25) is 5.95 Å². The number of nitrogen functional groups attached to an aromatic ring is 1. The number of fused-ring (bicyclic) bond motifs is 1. The number of aliphatic hydroxyl groups is 1. The molecule has 0 aromatic carbocycles. The summed E-state index contributed by atoms with van der Waals surface area (Å²) in [4.78, 5) is 15.3. The van der Waals surface area contributed by atoms with E-state index in [1.165, 1.54) is 0 Å². The molecule has 0 amide bonds. The van der Waals surface area contributed by atoms with Gasteiger partial charge in [0.05, 0.1) is 6.33 Å². The fourth-order valence-electron chi connectivity index (χ4n) is 1.80. The van der Waals surface area contributed by atoms with E-state index in [1.807, 2.05) is 6.92 Å². The molecule has 0 spiro atoms. The van der Waals surface area contributed by atoms with E-state index in [9.17, 15) is 0 Å². The Hall–Kier alpha value is -1.89. The van der Waals surface area contributed by atoms with Gasteiger partial charge in [-0.05, 0) is 19.8 Å². The van der Waals surface area contributed by atoms with Crippen LogP contribution in [0.15, 0.2) is 6.33 Å². The fourth-order valence-corrected chi connectivity index (χ4v) is 1.80. The second-order valence-electron chi connectivity index (χ2n) is 4.54. The van der Waals surface area contributed by atoms with Gasteiger partial charge in [0.15, 0.2) is 11.5 Å². The van der Waals surface area contributed by atoms with Crippen molar-refractivity contribution in [2.24, 2.45) is 0 Å². The lowest BCUT2D eigenvalue weighted by atomic mass is 9.95. The number of aromatic nitrogens is 4. The lowest BCUT2D eigenvalue weighted by molar-refractivity contribution is 0.252. The molecule has 0 aliphatic heterocycles. The second kappa shape index (κ2) is 4.77. The number of rotatable bonds is 5. The lowest BCUT2D eigenvalue weighted by Gasteiger charge is -2.29. The highest BCUT2D eigenvalue weighted by molar-refractivity contribution is 5.83. The maximum atomic E-state index is 9.12. The molecule has 0 aliphatic rings. The Morgan fingerprint density at radius 1 is 1.50 bits per heavy atom. The van der Waals surface area contributed by atoms with Gasteiger partial charge in [-0.1, -0.05) is 6.92 Å². The average molecular weight is 250 g/mol. The number of nitrogens with one attached hydrogen (secondary N) is 2. The summed E-state index contributed by atoms with van der Waals surface area (Å²) in [6.45, 7) is 4.20. The Morgan fingerprint density at radius 3 is 2.94 bits per heavy atom. The van der Waals surface area contributed by atoms with E-state index >= 15 is 0 Å². The van der Waals surface area contributed by atoms with Crippen LogP contribution < -0.4 is 11.1 Å². The minimum atomic E-state index is -0.242. The summed E-state index contributed by atoms with van der Waals surface area (Å²) in [5.74, 6) is 0.798. The monoisotopic (exact) mass is 250 g/mol. The molecule has 0 bridgehead atoms. The second-order valence-corrected chi connectivity index (χ2v) is 4.54. The first kappa shape index (κ1) is 12.6. The Bertz CT molecular complexity index is 539. The Labute approximate surface area is 105 Å². The van der Waals surface area contributed by atoms with Crippen LogP contribution in [-0.4, -0.2) is 37.2 Å². The molecule has 98 valence electrons. The Balaban J connectivity index is 2.38. The van der Waals surface area contributed by atoms with Gasteiger partial charge in [-0.3, -0.25) is 0 Å². The molecule has 2 rings (SSSR count). The Kier molecular flexibility index (Phi) is 3.33. The van der Waals surface area contributed by atoms with Gasteiger partial charge in [-0.2, -0.15) is 9.97 Å². The van der Waals surface area contributed by atoms with Crippen molar-refractivity contribution in [2.45, 2.75) is 32.2 Å². The van der Waals surface area contributed by atoms with Gasteiger partial charge in [0, 0.05) is 12.1 Å². The predicted octanol–water partition coefficient (Wildman–Crippen LogP) is 0.898. The van der Waals surface area contributed by atoms with Crippen LogP contribution in [-0.2, 0) is 0 Å². The number of anilines is 2. The highest BCUT2D eigenvalue weighted by atomic mass is 16.3. The van der Waals surface area contributed by atoms with E-state index in [0.717, 1.165) is 11.9 Å². The van der Waals surface area contributed by atoms with Crippen molar-refractivity contribution in [3.05, 3.63) is 6.33 Å². The highest BCUT2D eigenvalue weighted by Crippen LogP contribution is 2.25. The van der Waals surface area contributed by atoms with Gasteiger partial charge in [-0.15, -0.1) is 0 Å². The molecular weight excluding hydrogens is 232 g/mol. The minimum Gasteiger partial charge on any atom is -0.396 e. The zero-order chi connectivity index (χ0) is 13.2. The summed E-state index contributed by atoms with van der Waals surface area (Å²) in [6, 6.07) is 0. The van der Waals surface area contributed by atoms with E-state index < -0.39 is 0 Å². The first-order valence-corrected chi connectivity index (χ1v) is 5.93. The van der Waals surface area contributed by atoms with Crippen molar-refractivity contribution >= 4 is 22.9 Å². The van der Waals surface area contributed by atoms with Crippen molar-refractivity contribution in [3.8, 4) is 0 Å². The number of nitrogens with two attached hydrogens (primary N) is 1. The number of aliphatic hydroxyl groups excluding tert-OH is 1. The van der Waals surface area contributed by atoms with Gasteiger partial charge in [0.1, 0.15) is 5.52 Å². The van der Waals surface area contributed by atoms with Gasteiger partial charge < -0.3 is 21.1 Å². The van der Waals surface area contributed by atoms with E-state index in [4.69, 9.17) is 10.8 Å². The van der Waals surface area contributed by atoms with Crippen LogP contribution in [0.5, 0.6) is 0 Å². The molecule has 0 saturated heterocycles. The number of aromatic amines is 1. The number of hydrogen-bond donors (Lipinski definition) is 4. The molecule has 0 saturated carbocycles. The topological polar surface area (TPSA) is 113 Å². The molecule has 2 aromatic rings. The molecule has 18 heavy (non-hydrogen) atoms. The zero-order valence-electron chi connectivity index (χ0n) is 10.6. The van der Waals surface area contributed by atoms with E-state index in [1.54, 1.807) is 6.33 Å². The van der Waals surface area contributed by atoms with E-state index in [2.05, 4.69) is 32.2 Å². The Morgan fingerprint density at radius 2 is 2.28 bits per heavy atom. The molecule has 1 unspecified atom stereocenters. The minimum absolute atomic E-state index is 0.115. The third-order valence-corrected chi connectivity index (χ3v) is 3.17. The number of hydrogen-bond acceptors (Lipinski definition) is 6. The van der Waals surface area contributed by atoms with Crippen molar-refractivity contribution in [3.63, 3.8) is 0 Å². The predicted molar refractivity (Wildman–Crippen MR) is 70.1 cm³/mol. The molecule has 7 heteroatoms. The molecular formula is C11H18N6O. The van der Waals surface area contributed by atoms with Crippen LogP contribution in [0.25, 0.3) is 11.2 Å². The van der Waals surface area contributed by atoms with Crippen LogP contribution in [0, 0.1) is 0 Å². The number of imidazole rings is 1. The molecule has 7 nitrogen and oxygen atoms in total. The van der Waals surface area contributed by atoms with Gasteiger partial charge >= 0.3 is 0 Å². The first-order valence-electron chi connectivity index (χ1n) is 5.93. The van der Waals surface area contributed by atoms with Crippen molar-refractivity contribution < 1.29 is 5.11 Å². The summed E-state index contributed by atoms with van der Waals surface area (Å²) < 4.78 is 0. The molecule has 1 atom stereocenters. The zero-order valence-corrected chi connectivity index (χ0v) is 10.6. The van der Waals surface area contributed by atoms with E-state index in [-0.39, 0.29) is 18.1 Å². The molecule has 0 radical (unpaired) electrons. The molecule has 0 fully saturated rings. The van der Waals surface area contributed by atoms with E-state index in [0.29, 0.717) is 17.9 Å². The lowest BCUT2D eigenvalue weighted by Crippen LogP contribution is -2.35. The van der Waals surface area contributed by atoms with Crippen molar-refractivity contribution in [2.75, 3.05) is 17.7 Å². The van der Waals surface area contributed by atoms with Crippen LogP contribution >= 0.6 is 0 Å². The molecule has 2 aromatic heterocycles. The van der Waals surface area contributed by atoms with Crippen LogP contribution in [0.2, 0.25) is 0 Å². The third-order valence-electron chi connectivity index (χ3n) is 3.17. The normalized spacial score (nSPS) is 14.6. The van der Waals surface area contributed by atoms with Crippen molar-refractivity contribution in [1.29, 1.82) is 0 Å². The largest absolute Gasteiger partial charge is 0.396 e. The van der Waals surface area contributed by atoms with Crippen LogP contribution in [0.4, 0.5) is 11.8 Å². The van der Waals surface area contributed by atoms with Crippen LogP contribution in [0.3, 0.4) is 0 Å². The molecule has 0 aliphatic carbocycles. The fraction of sp³-hybridized carbons (Fsp3) is 0.545. The van der Waals surface area contributed by atoms with Crippen molar-refractivity contribution in [1.82, 2.24) is 19.9 Å². The number of H-pyrrole nitrogens is 1. The van der Waals surface area contributed by atoms with Gasteiger partial charge in [0.25, 0.3) is 0 Å². The third kappa shape index (κ3) is 2.35. The quantitative estimate of drug-likeness (QED) is 0.627. The maximum Gasteiger partial charge on any atom is 0.224 e. The highest BCUT2D eigenvalue weighted by Gasteiger charge is 2.23. The molecule has 2 heterocycles. The summed E-state index contributed by atoms with van der Waals surface area (Å²) >= 11 is 0. The summed E-state index contributed by atoms with van der Waals surface area (Å²) in [5.41, 5.74) is 6.67. The smallest absolute Gasteiger partial charge is 0.224 e.